The predicted molar refractivity (Wildman–Crippen MR) is 64.9 cm³/mol. The zero-order chi connectivity index (χ0) is 11.5. The van der Waals surface area contributed by atoms with Crippen molar-refractivity contribution < 1.29 is 9.84 Å². The van der Waals surface area contributed by atoms with E-state index in [1.54, 1.807) is 13.2 Å². The lowest BCUT2D eigenvalue weighted by Crippen LogP contribution is -2.32. The Balaban J connectivity index is 2.28. The number of nitrogens with zero attached hydrogens (tertiary/aromatic N) is 1. The minimum atomic E-state index is 0.192. The normalized spacial score (nSPS) is 20.1. The summed E-state index contributed by atoms with van der Waals surface area (Å²) in [5.74, 6) is 0.763. The van der Waals surface area contributed by atoms with Crippen molar-refractivity contribution in [2.75, 3.05) is 30.9 Å². The monoisotopic (exact) mass is 222 g/mol. The Kier molecular flexibility index (Phi) is 3.19. The molecule has 1 aromatic rings. The molecule has 1 heterocycles. The molecule has 0 bridgehead atoms. The maximum absolute atomic E-state index is 9.29. The zero-order valence-electron chi connectivity index (χ0n) is 9.52. The van der Waals surface area contributed by atoms with Crippen LogP contribution in [0.25, 0.3) is 0 Å². The van der Waals surface area contributed by atoms with E-state index in [2.05, 4.69) is 4.90 Å². The molecule has 0 saturated carbocycles. The summed E-state index contributed by atoms with van der Waals surface area (Å²) in [5.41, 5.74) is 7.55. The fourth-order valence-electron chi connectivity index (χ4n) is 2.25. The molecule has 0 amide bonds. The number of benzene rings is 1. The number of methoxy groups -OCH3 is 1. The van der Waals surface area contributed by atoms with Crippen molar-refractivity contribution in [2.45, 2.75) is 18.9 Å². The Morgan fingerprint density at radius 2 is 2.31 bits per heavy atom. The highest BCUT2D eigenvalue weighted by Crippen LogP contribution is 2.30. The van der Waals surface area contributed by atoms with Crippen molar-refractivity contribution in [1.29, 1.82) is 0 Å². The lowest BCUT2D eigenvalue weighted by Gasteiger charge is -2.25. The van der Waals surface area contributed by atoms with E-state index in [0.29, 0.717) is 5.69 Å². The number of nitrogen functional groups attached to an aromatic ring is 1. The minimum Gasteiger partial charge on any atom is -0.497 e. The minimum absolute atomic E-state index is 0.192. The van der Waals surface area contributed by atoms with Crippen LogP contribution in [0, 0.1) is 0 Å². The van der Waals surface area contributed by atoms with Crippen LogP contribution in [0.2, 0.25) is 0 Å². The molecule has 2 rings (SSSR count). The number of aliphatic hydroxyl groups is 1. The quantitative estimate of drug-likeness (QED) is 0.755. The van der Waals surface area contributed by atoms with Crippen LogP contribution >= 0.6 is 0 Å². The van der Waals surface area contributed by atoms with E-state index < -0.39 is 0 Å². The first-order valence-electron chi connectivity index (χ1n) is 5.56. The average molecular weight is 222 g/mol. The Morgan fingerprint density at radius 3 is 3.00 bits per heavy atom. The van der Waals surface area contributed by atoms with Gasteiger partial charge in [-0.05, 0) is 18.9 Å². The van der Waals surface area contributed by atoms with E-state index >= 15 is 0 Å². The molecule has 1 aliphatic heterocycles. The van der Waals surface area contributed by atoms with Crippen LogP contribution in [-0.2, 0) is 0 Å². The number of anilines is 2. The van der Waals surface area contributed by atoms with Crippen molar-refractivity contribution in [3.63, 3.8) is 0 Å². The van der Waals surface area contributed by atoms with E-state index in [1.807, 2.05) is 12.1 Å². The summed E-state index contributed by atoms with van der Waals surface area (Å²) in [4.78, 5) is 2.19. The summed E-state index contributed by atoms with van der Waals surface area (Å²) in [5, 5.41) is 9.29. The van der Waals surface area contributed by atoms with Crippen LogP contribution in [0.4, 0.5) is 11.4 Å². The van der Waals surface area contributed by atoms with Crippen LogP contribution in [0.3, 0.4) is 0 Å². The Hall–Kier alpha value is -1.42. The molecular formula is C12H18N2O2. The largest absolute Gasteiger partial charge is 0.497 e. The third kappa shape index (κ3) is 2.07. The first-order valence-corrected chi connectivity index (χ1v) is 5.56. The zero-order valence-corrected chi connectivity index (χ0v) is 9.52. The summed E-state index contributed by atoms with van der Waals surface area (Å²) < 4.78 is 5.19. The molecule has 1 aromatic carbocycles. The molecule has 1 unspecified atom stereocenters. The second-order valence-electron chi connectivity index (χ2n) is 4.14. The van der Waals surface area contributed by atoms with Gasteiger partial charge in [0.15, 0.2) is 0 Å². The first kappa shape index (κ1) is 11.1. The molecule has 3 N–H and O–H groups in total. The fourth-order valence-corrected chi connectivity index (χ4v) is 2.25. The molecule has 0 aromatic heterocycles. The first-order chi connectivity index (χ1) is 7.74. The van der Waals surface area contributed by atoms with Gasteiger partial charge in [0.1, 0.15) is 5.75 Å². The summed E-state index contributed by atoms with van der Waals surface area (Å²) in [6.07, 6.45) is 2.15. The lowest BCUT2D eigenvalue weighted by atomic mass is 10.2. The summed E-state index contributed by atoms with van der Waals surface area (Å²) in [6, 6.07) is 5.90. The maximum atomic E-state index is 9.29. The second kappa shape index (κ2) is 4.61. The van der Waals surface area contributed by atoms with Crippen molar-refractivity contribution in [2.24, 2.45) is 0 Å². The number of hydrogen-bond donors (Lipinski definition) is 2. The van der Waals surface area contributed by atoms with Gasteiger partial charge >= 0.3 is 0 Å². The Labute approximate surface area is 95.6 Å². The van der Waals surface area contributed by atoms with Crippen LogP contribution in [-0.4, -0.2) is 31.4 Å². The molecule has 1 saturated heterocycles. The molecule has 1 fully saturated rings. The van der Waals surface area contributed by atoms with Gasteiger partial charge in [0, 0.05) is 30.1 Å². The molecular weight excluding hydrogens is 204 g/mol. The van der Waals surface area contributed by atoms with Gasteiger partial charge in [-0.15, -0.1) is 0 Å². The van der Waals surface area contributed by atoms with Gasteiger partial charge in [-0.1, -0.05) is 0 Å². The molecule has 1 aliphatic rings. The molecule has 4 nitrogen and oxygen atoms in total. The van der Waals surface area contributed by atoms with Crippen LogP contribution in [0.5, 0.6) is 5.75 Å². The molecule has 1 atom stereocenters. The SMILES string of the molecule is COc1cc(N)cc(N2CCCC2CO)c1. The van der Waals surface area contributed by atoms with Gasteiger partial charge in [0.05, 0.1) is 19.8 Å². The Morgan fingerprint density at radius 1 is 1.50 bits per heavy atom. The molecule has 0 radical (unpaired) electrons. The average Bonchev–Trinajstić information content (AvgIpc) is 2.76. The van der Waals surface area contributed by atoms with E-state index in [1.165, 1.54) is 0 Å². The Bertz CT molecular complexity index is 368. The predicted octanol–water partition coefficient (Wildman–Crippen LogP) is 1.24. The number of rotatable bonds is 3. The maximum Gasteiger partial charge on any atom is 0.122 e. The topological polar surface area (TPSA) is 58.7 Å². The van der Waals surface area contributed by atoms with Gasteiger partial charge in [-0.25, -0.2) is 0 Å². The molecule has 0 aliphatic carbocycles. The number of hydrogen-bond acceptors (Lipinski definition) is 4. The lowest BCUT2D eigenvalue weighted by molar-refractivity contribution is 0.266. The number of nitrogens with two attached hydrogens (primary N) is 1. The summed E-state index contributed by atoms with van der Waals surface area (Å²) in [6.45, 7) is 1.16. The van der Waals surface area contributed by atoms with Crippen LogP contribution in [0.15, 0.2) is 18.2 Å². The third-order valence-corrected chi connectivity index (χ3v) is 3.07. The van der Waals surface area contributed by atoms with Gasteiger partial charge in [-0.3, -0.25) is 0 Å². The van der Waals surface area contributed by atoms with Gasteiger partial charge in [0.25, 0.3) is 0 Å². The highest BCUT2D eigenvalue weighted by atomic mass is 16.5. The highest BCUT2D eigenvalue weighted by molar-refractivity contribution is 5.61. The molecule has 0 spiro atoms. The smallest absolute Gasteiger partial charge is 0.122 e. The van der Waals surface area contributed by atoms with Crippen molar-refractivity contribution >= 4 is 11.4 Å². The van der Waals surface area contributed by atoms with Crippen molar-refractivity contribution in [3.8, 4) is 5.75 Å². The number of ether oxygens (including phenoxy) is 1. The van der Waals surface area contributed by atoms with E-state index in [-0.39, 0.29) is 12.6 Å². The highest BCUT2D eigenvalue weighted by Gasteiger charge is 2.24. The van der Waals surface area contributed by atoms with E-state index in [0.717, 1.165) is 30.8 Å². The van der Waals surface area contributed by atoms with Gasteiger partial charge in [-0.2, -0.15) is 0 Å². The van der Waals surface area contributed by atoms with Crippen molar-refractivity contribution in [3.05, 3.63) is 18.2 Å². The summed E-state index contributed by atoms with van der Waals surface area (Å²) in [7, 11) is 1.63. The molecule has 88 valence electrons. The van der Waals surface area contributed by atoms with Crippen molar-refractivity contribution in [1.82, 2.24) is 0 Å². The van der Waals surface area contributed by atoms with E-state index in [9.17, 15) is 5.11 Å². The molecule has 4 heteroatoms. The van der Waals surface area contributed by atoms with E-state index in [4.69, 9.17) is 10.5 Å². The third-order valence-electron chi connectivity index (χ3n) is 3.07. The van der Waals surface area contributed by atoms with Crippen LogP contribution in [0.1, 0.15) is 12.8 Å². The van der Waals surface area contributed by atoms with Gasteiger partial charge in [0.2, 0.25) is 0 Å². The standard InChI is InChI=1S/C12H18N2O2/c1-16-12-6-9(13)5-11(7-12)14-4-2-3-10(14)8-15/h5-7,10,15H,2-4,8,13H2,1H3. The number of aliphatic hydroxyl groups excluding tert-OH is 1. The summed E-state index contributed by atoms with van der Waals surface area (Å²) >= 11 is 0. The molecule has 16 heavy (non-hydrogen) atoms. The van der Waals surface area contributed by atoms with Crippen LogP contribution < -0.4 is 15.4 Å². The second-order valence-corrected chi connectivity index (χ2v) is 4.14. The fraction of sp³-hybridized carbons (Fsp3) is 0.500. The van der Waals surface area contributed by atoms with Gasteiger partial charge < -0.3 is 20.5 Å².